The number of hydrogen-bond donors (Lipinski definition) is 2. The van der Waals surface area contributed by atoms with Crippen LogP contribution in [0.2, 0.25) is 0 Å². The molecule has 1 aromatic rings. The lowest BCUT2D eigenvalue weighted by Gasteiger charge is -2.23. The van der Waals surface area contributed by atoms with Crippen molar-refractivity contribution < 1.29 is 4.79 Å². The Balaban J connectivity index is 1.62. The van der Waals surface area contributed by atoms with Gasteiger partial charge in [0.25, 0.3) is 0 Å². The summed E-state index contributed by atoms with van der Waals surface area (Å²) in [5, 5.41) is 6.39. The molecule has 2 N–H and O–H groups in total. The molecule has 1 atom stereocenters. The quantitative estimate of drug-likeness (QED) is 0.886. The Hall–Kier alpha value is -1.35. The molecule has 2 aliphatic rings. The molecule has 0 saturated carbocycles. The Morgan fingerprint density at radius 1 is 1.25 bits per heavy atom. The largest absolute Gasteiger partial charge is 0.350 e. The Morgan fingerprint density at radius 3 is 2.80 bits per heavy atom. The van der Waals surface area contributed by atoms with Gasteiger partial charge in [0.05, 0.1) is 5.54 Å². The molecule has 1 saturated heterocycles. The van der Waals surface area contributed by atoms with Crippen LogP contribution < -0.4 is 10.6 Å². The molecule has 1 fully saturated rings. The van der Waals surface area contributed by atoms with Crippen molar-refractivity contribution in [3.8, 4) is 0 Å². The molecule has 3 rings (SSSR count). The molecule has 1 amide bonds. The van der Waals surface area contributed by atoms with E-state index in [0.717, 1.165) is 19.4 Å². The van der Waals surface area contributed by atoms with Crippen molar-refractivity contribution in [2.45, 2.75) is 57.5 Å². The number of rotatable bonds is 3. The summed E-state index contributed by atoms with van der Waals surface area (Å²) in [5.74, 6) is 0.132. The average molecular weight is 272 g/mol. The number of benzene rings is 1. The number of amides is 1. The fourth-order valence-corrected chi connectivity index (χ4v) is 3.36. The van der Waals surface area contributed by atoms with Gasteiger partial charge in [0.15, 0.2) is 0 Å². The third-order valence-electron chi connectivity index (χ3n) is 4.74. The van der Waals surface area contributed by atoms with Crippen LogP contribution in [0.3, 0.4) is 0 Å². The third-order valence-corrected chi connectivity index (χ3v) is 4.74. The monoisotopic (exact) mass is 272 g/mol. The highest BCUT2D eigenvalue weighted by atomic mass is 16.2. The van der Waals surface area contributed by atoms with E-state index < -0.39 is 0 Å². The van der Waals surface area contributed by atoms with Gasteiger partial charge >= 0.3 is 0 Å². The lowest BCUT2D eigenvalue weighted by Crippen LogP contribution is -2.50. The van der Waals surface area contributed by atoms with E-state index in [9.17, 15) is 4.79 Å². The first-order valence-corrected chi connectivity index (χ1v) is 7.81. The predicted molar refractivity (Wildman–Crippen MR) is 80.6 cm³/mol. The first kappa shape index (κ1) is 13.6. The lowest BCUT2D eigenvalue weighted by molar-refractivity contribution is -0.126. The van der Waals surface area contributed by atoms with E-state index in [2.05, 4.69) is 28.8 Å². The summed E-state index contributed by atoms with van der Waals surface area (Å²) >= 11 is 0. The molecule has 0 radical (unpaired) electrons. The number of aryl methyl sites for hydroxylation is 2. The first-order chi connectivity index (χ1) is 9.67. The van der Waals surface area contributed by atoms with E-state index in [1.54, 1.807) is 0 Å². The van der Waals surface area contributed by atoms with Gasteiger partial charge in [0.1, 0.15) is 0 Å². The van der Waals surface area contributed by atoms with Crippen molar-refractivity contribution in [2.75, 3.05) is 6.54 Å². The van der Waals surface area contributed by atoms with Crippen LogP contribution in [-0.2, 0) is 24.2 Å². The summed E-state index contributed by atoms with van der Waals surface area (Å²) in [5.41, 5.74) is 3.83. The van der Waals surface area contributed by atoms with Crippen molar-refractivity contribution in [2.24, 2.45) is 0 Å². The highest BCUT2D eigenvalue weighted by Crippen LogP contribution is 2.22. The molecule has 1 aliphatic carbocycles. The second-order valence-electron chi connectivity index (χ2n) is 6.36. The summed E-state index contributed by atoms with van der Waals surface area (Å²) < 4.78 is 0. The maximum absolute atomic E-state index is 12.3. The van der Waals surface area contributed by atoms with Crippen LogP contribution >= 0.6 is 0 Å². The molecule has 108 valence electrons. The van der Waals surface area contributed by atoms with Crippen molar-refractivity contribution in [1.82, 2.24) is 10.6 Å². The fourth-order valence-electron chi connectivity index (χ4n) is 3.36. The molecule has 0 spiro atoms. The van der Waals surface area contributed by atoms with Gasteiger partial charge in [-0.15, -0.1) is 0 Å². The summed E-state index contributed by atoms with van der Waals surface area (Å²) in [6.45, 7) is 3.59. The lowest BCUT2D eigenvalue weighted by atomic mass is 9.90. The zero-order chi connectivity index (χ0) is 14.0. The van der Waals surface area contributed by atoms with Crippen LogP contribution in [0.4, 0.5) is 0 Å². The van der Waals surface area contributed by atoms with E-state index in [-0.39, 0.29) is 11.4 Å². The highest BCUT2D eigenvalue weighted by Gasteiger charge is 2.35. The second kappa shape index (κ2) is 5.57. The SMILES string of the molecule is C[C@]1(C(=O)NCc2ccc3c(c2)CCCC3)CCCN1. The maximum Gasteiger partial charge on any atom is 0.240 e. The van der Waals surface area contributed by atoms with Crippen LogP contribution in [0, 0.1) is 0 Å². The van der Waals surface area contributed by atoms with Crippen LogP contribution in [0.1, 0.15) is 49.3 Å². The third kappa shape index (κ3) is 2.73. The fraction of sp³-hybridized carbons (Fsp3) is 0.588. The van der Waals surface area contributed by atoms with Gasteiger partial charge in [-0.3, -0.25) is 4.79 Å². The molecule has 0 aromatic heterocycles. The van der Waals surface area contributed by atoms with E-state index >= 15 is 0 Å². The number of nitrogens with one attached hydrogen (secondary N) is 2. The van der Waals surface area contributed by atoms with Gasteiger partial charge in [0.2, 0.25) is 5.91 Å². The Kier molecular flexibility index (Phi) is 3.79. The van der Waals surface area contributed by atoms with Crippen molar-refractivity contribution in [3.05, 3.63) is 34.9 Å². The summed E-state index contributed by atoms with van der Waals surface area (Å²) in [7, 11) is 0. The first-order valence-electron chi connectivity index (χ1n) is 7.81. The molecule has 0 unspecified atom stereocenters. The summed E-state index contributed by atoms with van der Waals surface area (Å²) in [6, 6.07) is 6.68. The van der Waals surface area contributed by atoms with Gasteiger partial charge in [-0.25, -0.2) is 0 Å². The number of hydrogen-bond acceptors (Lipinski definition) is 2. The minimum atomic E-state index is -0.367. The van der Waals surface area contributed by atoms with Gasteiger partial charge in [-0.2, -0.15) is 0 Å². The normalized spacial score (nSPS) is 25.2. The van der Waals surface area contributed by atoms with Crippen molar-refractivity contribution >= 4 is 5.91 Å². The van der Waals surface area contributed by atoms with E-state index in [0.29, 0.717) is 6.54 Å². The second-order valence-corrected chi connectivity index (χ2v) is 6.36. The molecule has 1 aliphatic heterocycles. The molecule has 1 aromatic carbocycles. The smallest absolute Gasteiger partial charge is 0.240 e. The van der Waals surface area contributed by atoms with Gasteiger partial charge in [-0.05, 0) is 68.7 Å². The van der Waals surface area contributed by atoms with Crippen LogP contribution in [-0.4, -0.2) is 18.0 Å². The Bertz CT molecular complexity index is 504. The molecule has 20 heavy (non-hydrogen) atoms. The zero-order valence-electron chi connectivity index (χ0n) is 12.3. The van der Waals surface area contributed by atoms with Crippen LogP contribution in [0.15, 0.2) is 18.2 Å². The Labute approximate surface area is 121 Å². The van der Waals surface area contributed by atoms with Gasteiger partial charge in [0, 0.05) is 6.54 Å². The molecular formula is C17H24N2O. The van der Waals surface area contributed by atoms with Crippen molar-refractivity contribution in [3.63, 3.8) is 0 Å². The van der Waals surface area contributed by atoms with E-state index in [4.69, 9.17) is 0 Å². The van der Waals surface area contributed by atoms with Gasteiger partial charge < -0.3 is 10.6 Å². The van der Waals surface area contributed by atoms with Crippen molar-refractivity contribution in [1.29, 1.82) is 0 Å². The highest BCUT2D eigenvalue weighted by molar-refractivity contribution is 5.86. The standard InChI is InChI=1S/C17H24N2O/c1-17(9-4-10-19-17)16(20)18-12-13-7-8-14-5-2-3-6-15(14)11-13/h7-8,11,19H,2-6,9-10,12H2,1H3,(H,18,20)/t17-/m1/s1. The number of fused-ring (bicyclic) bond motifs is 1. The Morgan fingerprint density at radius 2 is 2.05 bits per heavy atom. The maximum atomic E-state index is 12.3. The minimum absolute atomic E-state index is 0.132. The number of carbonyl (C=O) groups excluding carboxylic acids is 1. The number of carbonyl (C=O) groups is 1. The summed E-state index contributed by atoms with van der Waals surface area (Å²) in [4.78, 5) is 12.3. The molecule has 0 bridgehead atoms. The molecule has 3 nitrogen and oxygen atoms in total. The van der Waals surface area contributed by atoms with Crippen LogP contribution in [0.25, 0.3) is 0 Å². The topological polar surface area (TPSA) is 41.1 Å². The average Bonchev–Trinajstić information content (AvgIpc) is 2.92. The zero-order valence-corrected chi connectivity index (χ0v) is 12.3. The van der Waals surface area contributed by atoms with E-state index in [1.165, 1.54) is 42.4 Å². The molecule has 3 heteroatoms. The van der Waals surface area contributed by atoms with E-state index in [1.807, 2.05) is 6.92 Å². The molecular weight excluding hydrogens is 248 g/mol. The van der Waals surface area contributed by atoms with Gasteiger partial charge in [-0.1, -0.05) is 18.2 Å². The minimum Gasteiger partial charge on any atom is -0.350 e. The predicted octanol–water partition coefficient (Wildman–Crippen LogP) is 2.32. The summed E-state index contributed by atoms with van der Waals surface area (Å²) in [6.07, 6.45) is 7.03. The van der Waals surface area contributed by atoms with Crippen LogP contribution in [0.5, 0.6) is 0 Å². The molecule has 1 heterocycles.